The van der Waals surface area contributed by atoms with Crippen LogP contribution in [0.2, 0.25) is 0 Å². The van der Waals surface area contributed by atoms with Crippen molar-refractivity contribution >= 4 is 23.7 Å². The molecule has 4 rings (SSSR count). The zero-order chi connectivity index (χ0) is 21.8. The van der Waals surface area contributed by atoms with Crippen LogP contribution in [0.1, 0.15) is 29.7 Å². The molecule has 1 aromatic heterocycles. The zero-order valence-corrected chi connectivity index (χ0v) is 18.4. The molecule has 6 nitrogen and oxygen atoms in total. The van der Waals surface area contributed by atoms with Crippen LogP contribution in [0.25, 0.3) is 0 Å². The lowest BCUT2D eigenvalue weighted by atomic mass is 9.93. The molecule has 1 N–H and O–H groups in total. The molecular formula is C24H24N4O2S. The Morgan fingerprint density at radius 2 is 1.94 bits per heavy atom. The first kappa shape index (κ1) is 20.9. The second-order valence-corrected chi connectivity index (χ2v) is 8.19. The van der Waals surface area contributed by atoms with E-state index in [0.717, 1.165) is 16.9 Å². The predicted molar refractivity (Wildman–Crippen MR) is 123 cm³/mol. The quantitative estimate of drug-likeness (QED) is 0.325. The van der Waals surface area contributed by atoms with Crippen LogP contribution in [0, 0.1) is 6.92 Å². The van der Waals surface area contributed by atoms with Crippen molar-refractivity contribution in [1.82, 2.24) is 14.8 Å². The number of thioether (sulfide) groups is 1. The average molecular weight is 433 g/mol. The predicted octanol–water partition coefficient (Wildman–Crippen LogP) is 4.90. The van der Waals surface area contributed by atoms with Crippen molar-refractivity contribution in [3.05, 3.63) is 95.2 Å². The number of fused-ring (bicyclic) bond motifs is 1. The van der Waals surface area contributed by atoms with E-state index in [1.54, 1.807) is 22.5 Å². The van der Waals surface area contributed by atoms with Gasteiger partial charge in [-0.2, -0.15) is 4.98 Å². The van der Waals surface area contributed by atoms with Crippen molar-refractivity contribution in [2.45, 2.75) is 30.8 Å². The van der Waals surface area contributed by atoms with Gasteiger partial charge in [0.05, 0.1) is 5.57 Å². The van der Waals surface area contributed by atoms with Gasteiger partial charge in [-0.15, -0.1) is 5.10 Å². The molecule has 7 heteroatoms. The van der Waals surface area contributed by atoms with E-state index < -0.39 is 12.0 Å². The van der Waals surface area contributed by atoms with Gasteiger partial charge in [0, 0.05) is 11.4 Å². The fraction of sp³-hybridized carbons (Fsp3) is 0.208. The van der Waals surface area contributed by atoms with Crippen molar-refractivity contribution in [1.29, 1.82) is 0 Å². The van der Waals surface area contributed by atoms with Crippen molar-refractivity contribution in [3.63, 3.8) is 0 Å². The van der Waals surface area contributed by atoms with Crippen molar-refractivity contribution in [3.8, 4) is 0 Å². The Morgan fingerprint density at radius 3 is 2.68 bits per heavy atom. The molecule has 2 heterocycles. The van der Waals surface area contributed by atoms with Gasteiger partial charge in [0.25, 0.3) is 0 Å². The van der Waals surface area contributed by atoms with E-state index in [4.69, 9.17) is 9.84 Å². The molecule has 1 aliphatic rings. The van der Waals surface area contributed by atoms with Crippen LogP contribution in [0.5, 0.6) is 0 Å². The molecule has 0 saturated carbocycles. The number of aryl methyl sites for hydroxylation is 1. The maximum absolute atomic E-state index is 13.0. The minimum absolute atomic E-state index is 0.151. The summed E-state index contributed by atoms with van der Waals surface area (Å²) in [6.07, 6.45) is 1.56. The van der Waals surface area contributed by atoms with E-state index in [-0.39, 0.29) is 6.61 Å². The molecular weight excluding hydrogens is 408 g/mol. The maximum atomic E-state index is 13.0. The van der Waals surface area contributed by atoms with E-state index >= 15 is 0 Å². The summed E-state index contributed by atoms with van der Waals surface area (Å²) in [7, 11) is 0. The number of benzene rings is 2. The van der Waals surface area contributed by atoms with Crippen molar-refractivity contribution in [2.24, 2.45) is 0 Å². The van der Waals surface area contributed by atoms with Crippen LogP contribution in [0.3, 0.4) is 0 Å². The van der Waals surface area contributed by atoms with Crippen LogP contribution >= 0.6 is 11.8 Å². The first-order valence-corrected chi connectivity index (χ1v) is 11.0. The number of ether oxygens (including phenoxy) is 1. The van der Waals surface area contributed by atoms with Gasteiger partial charge in [-0.25, -0.2) is 9.48 Å². The van der Waals surface area contributed by atoms with Crippen molar-refractivity contribution < 1.29 is 9.53 Å². The fourth-order valence-electron chi connectivity index (χ4n) is 3.57. The van der Waals surface area contributed by atoms with Crippen molar-refractivity contribution in [2.75, 3.05) is 11.9 Å². The fourth-order valence-corrected chi connectivity index (χ4v) is 4.36. The first-order chi connectivity index (χ1) is 15.1. The highest BCUT2D eigenvalue weighted by Gasteiger charge is 2.35. The summed E-state index contributed by atoms with van der Waals surface area (Å²) in [5, 5.41) is 8.64. The molecule has 0 bridgehead atoms. The Labute approximate surface area is 186 Å². The molecule has 0 aliphatic carbocycles. The van der Waals surface area contributed by atoms with E-state index in [1.807, 2.05) is 56.3 Å². The summed E-state index contributed by atoms with van der Waals surface area (Å²) in [6, 6.07) is 17.8. The highest BCUT2D eigenvalue weighted by Crippen LogP contribution is 2.38. The van der Waals surface area contributed by atoms with Crippen LogP contribution in [-0.4, -0.2) is 27.3 Å². The lowest BCUT2D eigenvalue weighted by molar-refractivity contribution is -0.138. The second kappa shape index (κ2) is 9.22. The van der Waals surface area contributed by atoms with Crippen LogP contribution in [0.15, 0.2) is 83.7 Å². The van der Waals surface area contributed by atoms with Gasteiger partial charge in [-0.3, -0.25) is 0 Å². The molecule has 1 aliphatic heterocycles. The average Bonchev–Trinajstić information content (AvgIpc) is 3.19. The zero-order valence-electron chi connectivity index (χ0n) is 17.5. The second-order valence-electron chi connectivity index (χ2n) is 7.25. The van der Waals surface area contributed by atoms with Gasteiger partial charge in [0.1, 0.15) is 12.6 Å². The van der Waals surface area contributed by atoms with Gasteiger partial charge in [0.15, 0.2) is 0 Å². The molecule has 158 valence electrons. The minimum Gasteiger partial charge on any atom is -0.458 e. The number of allylic oxidation sites excluding steroid dienone is 1. The van der Waals surface area contributed by atoms with Crippen LogP contribution in [-0.2, 0) is 15.3 Å². The molecule has 0 spiro atoms. The summed E-state index contributed by atoms with van der Waals surface area (Å²) in [6.45, 7) is 7.68. The molecule has 1 atom stereocenters. The summed E-state index contributed by atoms with van der Waals surface area (Å²) in [5.41, 5.74) is 4.48. The number of carbonyl (C=O) groups is 1. The van der Waals surface area contributed by atoms with Gasteiger partial charge in [0.2, 0.25) is 11.1 Å². The lowest BCUT2D eigenvalue weighted by Gasteiger charge is -2.29. The monoisotopic (exact) mass is 432 g/mol. The highest BCUT2D eigenvalue weighted by molar-refractivity contribution is 7.98. The molecule has 31 heavy (non-hydrogen) atoms. The third-order valence-electron chi connectivity index (χ3n) is 5.08. The Kier molecular flexibility index (Phi) is 6.23. The number of aromatic nitrogens is 3. The maximum Gasteiger partial charge on any atom is 0.338 e. The molecule has 0 amide bonds. The number of rotatable bonds is 7. The van der Waals surface area contributed by atoms with Gasteiger partial charge in [-0.05, 0) is 30.5 Å². The number of nitrogens with one attached hydrogen (secondary N) is 1. The molecule has 2 aromatic carbocycles. The van der Waals surface area contributed by atoms with Gasteiger partial charge in [-0.1, -0.05) is 79.0 Å². The van der Waals surface area contributed by atoms with E-state index in [2.05, 4.69) is 29.0 Å². The Balaban J connectivity index is 1.71. The molecule has 1 unspecified atom stereocenters. The van der Waals surface area contributed by atoms with E-state index in [0.29, 0.717) is 22.4 Å². The Bertz CT molecular complexity index is 1140. The number of anilines is 1. The van der Waals surface area contributed by atoms with Gasteiger partial charge < -0.3 is 10.1 Å². The molecule has 0 fully saturated rings. The first-order valence-electron chi connectivity index (χ1n) is 10.0. The summed E-state index contributed by atoms with van der Waals surface area (Å²) in [4.78, 5) is 17.6. The van der Waals surface area contributed by atoms with Crippen LogP contribution in [0.4, 0.5) is 5.95 Å². The summed E-state index contributed by atoms with van der Waals surface area (Å²) in [5.74, 6) is 0.986. The third-order valence-corrected chi connectivity index (χ3v) is 5.99. The SMILES string of the molecule is C=CCOC(=O)C1=C(C)Nc2nc(SCc3ccccc3)nn2C1c1ccccc1C. The Hall–Kier alpha value is -3.32. The normalized spacial score (nSPS) is 15.2. The highest BCUT2D eigenvalue weighted by atomic mass is 32.2. The number of nitrogens with zero attached hydrogens (tertiary/aromatic N) is 3. The topological polar surface area (TPSA) is 69.0 Å². The Morgan fingerprint density at radius 1 is 1.19 bits per heavy atom. The standard InChI is InChI=1S/C24H24N4O2S/c1-4-14-30-22(29)20-17(3)25-23-26-24(31-15-18-11-6-5-7-12-18)27-28(23)21(20)19-13-9-8-10-16(19)2/h4-13,21H,1,14-15H2,2-3H3,(H,25,26,27). The largest absolute Gasteiger partial charge is 0.458 e. The molecule has 0 saturated heterocycles. The molecule has 0 radical (unpaired) electrons. The summed E-state index contributed by atoms with van der Waals surface area (Å²) >= 11 is 1.56. The number of carbonyl (C=O) groups excluding carboxylic acids is 1. The third kappa shape index (κ3) is 4.41. The molecule has 3 aromatic rings. The summed E-state index contributed by atoms with van der Waals surface area (Å²) < 4.78 is 7.18. The number of hydrogen-bond donors (Lipinski definition) is 1. The van der Waals surface area contributed by atoms with E-state index in [9.17, 15) is 4.79 Å². The van der Waals surface area contributed by atoms with Gasteiger partial charge >= 0.3 is 5.97 Å². The minimum atomic E-state index is -0.423. The smallest absolute Gasteiger partial charge is 0.338 e. The van der Waals surface area contributed by atoms with Crippen LogP contribution < -0.4 is 5.32 Å². The van der Waals surface area contributed by atoms with E-state index in [1.165, 1.54) is 5.56 Å². The lowest BCUT2D eigenvalue weighted by Crippen LogP contribution is -2.30. The number of hydrogen-bond acceptors (Lipinski definition) is 6. The number of esters is 1.